The highest BCUT2D eigenvalue weighted by atomic mass is 16.4. The van der Waals surface area contributed by atoms with Gasteiger partial charge in [-0.1, -0.05) is 0 Å². The standard InChI is InChI=1S/C17H17N3O5/c1-11-4-7-13(24-11)9-19(12-5-6-12)15(21)10-20-17(22)25-16(18-20)14-3-2-8-23-14/h2-4,7-8,12H,5-6,9-10H2,1H3. The second-order valence-corrected chi connectivity index (χ2v) is 6.07. The number of carbonyl (C=O) groups excluding carboxylic acids is 1. The number of hydrogen-bond donors (Lipinski definition) is 0. The van der Waals surface area contributed by atoms with Crippen molar-refractivity contribution in [3.63, 3.8) is 0 Å². The van der Waals surface area contributed by atoms with Gasteiger partial charge in [-0.05, 0) is 44.0 Å². The molecule has 1 saturated carbocycles. The van der Waals surface area contributed by atoms with Crippen LogP contribution < -0.4 is 5.76 Å². The first-order valence-electron chi connectivity index (χ1n) is 8.07. The lowest BCUT2D eigenvalue weighted by Crippen LogP contribution is -2.37. The van der Waals surface area contributed by atoms with Gasteiger partial charge in [0.25, 0.3) is 5.89 Å². The normalized spacial score (nSPS) is 14.0. The van der Waals surface area contributed by atoms with E-state index in [9.17, 15) is 9.59 Å². The third-order valence-electron chi connectivity index (χ3n) is 4.05. The number of aromatic nitrogens is 2. The summed E-state index contributed by atoms with van der Waals surface area (Å²) in [6, 6.07) is 7.20. The van der Waals surface area contributed by atoms with E-state index in [1.165, 1.54) is 6.26 Å². The number of amides is 1. The molecule has 0 saturated heterocycles. The van der Waals surface area contributed by atoms with E-state index < -0.39 is 5.76 Å². The maximum absolute atomic E-state index is 12.7. The molecule has 3 heterocycles. The minimum absolute atomic E-state index is 0.0578. The number of aryl methyl sites for hydroxylation is 1. The van der Waals surface area contributed by atoms with Gasteiger partial charge in [0, 0.05) is 6.04 Å². The fourth-order valence-electron chi connectivity index (χ4n) is 2.67. The molecule has 0 aliphatic heterocycles. The largest absolute Gasteiger partial charge is 0.464 e. The van der Waals surface area contributed by atoms with Crippen molar-refractivity contribution in [1.82, 2.24) is 14.7 Å². The van der Waals surface area contributed by atoms with Crippen molar-refractivity contribution in [2.45, 2.75) is 38.9 Å². The molecule has 8 heteroatoms. The summed E-state index contributed by atoms with van der Waals surface area (Å²) in [5.74, 6) is 1.04. The minimum atomic E-state index is -0.690. The first-order valence-corrected chi connectivity index (χ1v) is 8.07. The third kappa shape index (κ3) is 3.28. The smallest absolute Gasteiger partial charge is 0.437 e. The second-order valence-electron chi connectivity index (χ2n) is 6.07. The average Bonchev–Trinajstić information content (AvgIpc) is 2.97. The van der Waals surface area contributed by atoms with E-state index in [2.05, 4.69) is 5.10 Å². The van der Waals surface area contributed by atoms with Gasteiger partial charge < -0.3 is 18.2 Å². The Bertz CT molecular complexity index is 930. The van der Waals surface area contributed by atoms with E-state index >= 15 is 0 Å². The second kappa shape index (κ2) is 6.12. The topological polar surface area (TPSA) is 94.6 Å². The summed E-state index contributed by atoms with van der Waals surface area (Å²) >= 11 is 0. The first-order chi connectivity index (χ1) is 12.1. The number of nitrogens with zero attached hydrogens (tertiary/aromatic N) is 3. The molecule has 8 nitrogen and oxygen atoms in total. The average molecular weight is 343 g/mol. The van der Waals surface area contributed by atoms with E-state index in [1.807, 2.05) is 19.1 Å². The van der Waals surface area contributed by atoms with Gasteiger partial charge >= 0.3 is 5.76 Å². The van der Waals surface area contributed by atoms with Crippen LogP contribution >= 0.6 is 0 Å². The number of rotatable bonds is 6. The monoisotopic (exact) mass is 343 g/mol. The molecule has 0 radical (unpaired) electrons. The van der Waals surface area contributed by atoms with E-state index in [4.69, 9.17) is 13.3 Å². The first kappa shape index (κ1) is 15.5. The van der Waals surface area contributed by atoms with Crippen LogP contribution in [-0.2, 0) is 17.9 Å². The van der Waals surface area contributed by atoms with Gasteiger partial charge in [0.1, 0.15) is 18.1 Å². The fourth-order valence-corrected chi connectivity index (χ4v) is 2.67. The zero-order chi connectivity index (χ0) is 17.4. The lowest BCUT2D eigenvalue weighted by Gasteiger charge is -2.20. The summed E-state index contributed by atoms with van der Waals surface area (Å²) < 4.78 is 16.8. The third-order valence-corrected chi connectivity index (χ3v) is 4.05. The molecule has 25 heavy (non-hydrogen) atoms. The predicted octanol–water partition coefficient (Wildman–Crippen LogP) is 2.19. The molecule has 1 aliphatic carbocycles. The zero-order valence-corrected chi connectivity index (χ0v) is 13.7. The molecule has 4 rings (SSSR count). The Hall–Kier alpha value is -3.03. The molecule has 0 spiro atoms. The summed E-state index contributed by atoms with van der Waals surface area (Å²) in [6.07, 6.45) is 3.37. The van der Waals surface area contributed by atoms with Crippen LogP contribution in [0.5, 0.6) is 0 Å². The van der Waals surface area contributed by atoms with E-state index in [0.29, 0.717) is 12.3 Å². The molecule has 0 bridgehead atoms. The molecule has 0 unspecified atom stereocenters. The maximum atomic E-state index is 12.7. The zero-order valence-electron chi connectivity index (χ0n) is 13.7. The van der Waals surface area contributed by atoms with Gasteiger partial charge in [-0.3, -0.25) is 4.79 Å². The molecule has 0 atom stereocenters. The predicted molar refractivity (Wildman–Crippen MR) is 85.5 cm³/mol. The van der Waals surface area contributed by atoms with Gasteiger partial charge in [0.15, 0.2) is 5.76 Å². The van der Waals surface area contributed by atoms with E-state index in [-0.39, 0.29) is 24.4 Å². The summed E-state index contributed by atoms with van der Waals surface area (Å²) in [5.41, 5.74) is 0. The molecule has 1 fully saturated rings. The molecule has 0 aromatic carbocycles. The van der Waals surface area contributed by atoms with Crippen molar-refractivity contribution in [2.75, 3.05) is 0 Å². The van der Waals surface area contributed by atoms with Crippen LogP contribution in [0.2, 0.25) is 0 Å². The number of carbonyl (C=O) groups is 1. The molecule has 130 valence electrons. The highest BCUT2D eigenvalue weighted by molar-refractivity contribution is 5.76. The van der Waals surface area contributed by atoms with Crippen molar-refractivity contribution >= 4 is 5.91 Å². The SMILES string of the molecule is Cc1ccc(CN(C(=O)Cn2nc(-c3ccco3)oc2=O)C2CC2)o1. The van der Waals surface area contributed by atoms with Crippen LogP contribution in [0, 0.1) is 6.92 Å². The molecular formula is C17H17N3O5. The van der Waals surface area contributed by atoms with Crippen LogP contribution in [0.1, 0.15) is 24.4 Å². The Balaban J connectivity index is 1.51. The Morgan fingerprint density at radius 1 is 1.32 bits per heavy atom. The minimum Gasteiger partial charge on any atom is -0.464 e. The van der Waals surface area contributed by atoms with Crippen LogP contribution in [0.15, 0.2) is 48.6 Å². The molecular weight excluding hydrogens is 326 g/mol. The lowest BCUT2D eigenvalue weighted by atomic mass is 10.3. The lowest BCUT2D eigenvalue weighted by molar-refractivity contribution is -0.133. The van der Waals surface area contributed by atoms with Gasteiger partial charge in [0.05, 0.1) is 12.8 Å². The highest BCUT2D eigenvalue weighted by Gasteiger charge is 2.33. The molecule has 3 aromatic rings. The Morgan fingerprint density at radius 3 is 2.80 bits per heavy atom. The van der Waals surface area contributed by atoms with Gasteiger partial charge in [-0.25, -0.2) is 4.79 Å². The van der Waals surface area contributed by atoms with Gasteiger partial charge in [-0.15, -0.1) is 5.10 Å². The molecule has 0 N–H and O–H groups in total. The van der Waals surface area contributed by atoms with Crippen molar-refractivity contribution in [2.24, 2.45) is 0 Å². The van der Waals surface area contributed by atoms with Crippen molar-refractivity contribution < 1.29 is 18.0 Å². The molecule has 1 amide bonds. The molecule has 1 aliphatic rings. The fraction of sp³-hybridized carbons (Fsp3) is 0.353. The van der Waals surface area contributed by atoms with E-state index in [0.717, 1.165) is 29.0 Å². The Kier molecular flexibility index (Phi) is 3.79. The van der Waals surface area contributed by atoms with Crippen LogP contribution in [0.4, 0.5) is 0 Å². The van der Waals surface area contributed by atoms with Crippen LogP contribution in [0.3, 0.4) is 0 Å². The van der Waals surface area contributed by atoms with Crippen LogP contribution in [-0.4, -0.2) is 26.6 Å². The van der Waals surface area contributed by atoms with Crippen molar-refractivity contribution in [3.05, 3.63) is 52.6 Å². The Morgan fingerprint density at radius 2 is 2.16 bits per heavy atom. The van der Waals surface area contributed by atoms with Gasteiger partial charge in [0.2, 0.25) is 5.91 Å². The number of furan rings is 2. The molecule has 3 aromatic heterocycles. The van der Waals surface area contributed by atoms with Crippen molar-refractivity contribution in [1.29, 1.82) is 0 Å². The summed E-state index contributed by atoms with van der Waals surface area (Å²) in [6.45, 7) is 2.06. The van der Waals surface area contributed by atoms with E-state index in [1.54, 1.807) is 17.0 Å². The summed E-state index contributed by atoms with van der Waals surface area (Å²) in [4.78, 5) is 26.3. The summed E-state index contributed by atoms with van der Waals surface area (Å²) in [5, 5.41) is 4.04. The van der Waals surface area contributed by atoms with Gasteiger partial charge in [-0.2, -0.15) is 4.68 Å². The summed E-state index contributed by atoms with van der Waals surface area (Å²) in [7, 11) is 0. The Labute approximate surface area is 142 Å². The van der Waals surface area contributed by atoms with Crippen LogP contribution in [0.25, 0.3) is 11.7 Å². The quantitative estimate of drug-likeness (QED) is 0.681. The maximum Gasteiger partial charge on any atom is 0.437 e. The highest BCUT2D eigenvalue weighted by Crippen LogP contribution is 2.29. The number of hydrogen-bond acceptors (Lipinski definition) is 6. The van der Waals surface area contributed by atoms with Crippen molar-refractivity contribution in [3.8, 4) is 11.7 Å².